The molecule has 3 aromatic heterocycles. The Labute approximate surface area is 276 Å². The predicted octanol–water partition coefficient (Wildman–Crippen LogP) is 9.38. The zero-order valence-electron chi connectivity index (χ0n) is 25.6. The summed E-state index contributed by atoms with van der Waals surface area (Å²) in [6.45, 7) is 0. The number of anilines is 1. The number of imide groups is 1. The van der Waals surface area contributed by atoms with Crippen molar-refractivity contribution in [2.24, 2.45) is 0 Å². The number of carbonyl (C=O) groups is 2. The second-order valence-corrected chi connectivity index (χ2v) is 11.8. The molecule has 4 heterocycles. The lowest BCUT2D eigenvalue weighted by Gasteiger charge is -2.15. The summed E-state index contributed by atoms with van der Waals surface area (Å²) >= 11 is 0. The smallest absolute Gasteiger partial charge is 0.268 e. The van der Waals surface area contributed by atoms with Gasteiger partial charge in [-0.05, 0) is 83.9 Å². The Kier molecular flexibility index (Phi) is 6.33. The molecule has 6 heteroatoms. The number of hydrogen-bond acceptors (Lipinski definition) is 4. The van der Waals surface area contributed by atoms with Crippen molar-refractivity contribution in [3.63, 3.8) is 0 Å². The number of carbonyl (C=O) groups excluding carboxylic acids is 2. The fraction of sp³-hybridized carbons (Fsp3) is 0. The van der Waals surface area contributed by atoms with Crippen molar-refractivity contribution in [1.82, 2.24) is 14.5 Å². The molecular formula is C42H26N4O2. The van der Waals surface area contributed by atoms with Crippen molar-refractivity contribution in [2.75, 3.05) is 4.90 Å². The second kappa shape index (κ2) is 11.0. The molecule has 0 aliphatic carbocycles. The van der Waals surface area contributed by atoms with Crippen LogP contribution in [0.15, 0.2) is 158 Å². The first-order valence-corrected chi connectivity index (χ1v) is 15.7. The van der Waals surface area contributed by atoms with Crippen LogP contribution in [-0.4, -0.2) is 26.3 Å². The van der Waals surface area contributed by atoms with Gasteiger partial charge in [0.25, 0.3) is 11.8 Å². The van der Waals surface area contributed by atoms with Crippen LogP contribution in [0.1, 0.15) is 20.7 Å². The van der Waals surface area contributed by atoms with Crippen LogP contribution in [0, 0.1) is 0 Å². The van der Waals surface area contributed by atoms with Crippen molar-refractivity contribution in [3.05, 3.63) is 169 Å². The summed E-state index contributed by atoms with van der Waals surface area (Å²) in [7, 11) is 0. The number of amides is 2. The molecule has 6 nitrogen and oxygen atoms in total. The van der Waals surface area contributed by atoms with E-state index in [-0.39, 0.29) is 11.8 Å². The molecule has 2 amide bonds. The zero-order valence-corrected chi connectivity index (χ0v) is 25.6. The molecule has 0 saturated carbocycles. The molecule has 1 aliphatic heterocycles. The molecule has 5 aromatic carbocycles. The molecule has 8 aromatic rings. The second-order valence-electron chi connectivity index (χ2n) is 11.8. The Hall–Kier alpha value is -6.66. The first-order chi connectivity index (χ1) is 23.7. The molecule has 0 N–H and O–H groups in total. The maximum absolute atomic E-state index is 14.3. The Bertz CT molecular complexity index is 2430. The summed E-state index contributed by atoms with van der Waals surface area (Å²) in [5.41, 5.74) is 9.59. The largest absolute Gasteiger partial charge is 0.308 e. The van der Waals surface area contributed by atoms with Crippen LogP contribution in [0.25, 0.3) is 61.1 Å². The number of hydrogen-bond donors (Lipinski definition) is 0. The maximum Gasteiger partial charge on any atom is 0.268 e. The van der Waals surface area contributed by atoms with E-state index in [9.17, 15) is 9.59 Å². The first kappa shape index (κ1) is 27.6. The van der Waals surface area contributed by atoms with E-state index in [1.807, 2.05) is 103 Å². The summed E-state index contributed by atoms with van der Waals surface area (Å²) in [5.74, 6) is -0.678. The van der Waals surface area contributed by atoms with Gasteiger partial charge in [0.15, 0.2) is 0 Å². The van der Waals surface area contributed by atoms with Gasteiger partial charge >= 0.3 is 0 Å². The van der Waals surface area contributed by atoms with Crippen LogP contribution in [-0.2, 0) is 0 Å². The quantitative estimate of drug-likeness (QED) is 0.180. The summed E-state index contributed by atoms with van der Waals surface area (Å²) in [6, 6.07) is 47.4. The molecule has 0 fully saturated rings. The topological polar surface area (TPSA) is 68.1 Å². The Balaban J connectivity index is 1.22. The number of fused-ring (bicyclic) bond motifs is 4. The molecule has 0 unspecified atom stereocenters. The SMILES string of the molecule is O=C1c2cccc(-n3c4ccc(-c5ccccn5)cc4c4cc(-c5ccccn5)ccc43)c2C(=O)N1c1ccc(-c2ccccc2)cc1. The van der Waals surface area contributed by atoms with Gasteiger partial charge in [0.05, 0.1) is 44.9 Å². The Morgan fingerprint density at radius 2 is 1.02 bits per heavy atom. The van der Waals surface area contributed by atoms with E-state index in [0.717, 1.165) is 55.4 Å². The van der Waals surface area contributed by atoms with E-state index in [1.165, 1.54) is 4.90 Å². The minimum absolute atomic E-state index is 0.333. The van der Waals surface area contributed by atoms with Gasteiger partial charge < -0.3 is 4.57 Å². The fourth-order valence-electron chi connectivity index (χ4n) is 6.79. The van der Waals surface area contributed by atoms with Gasteiger partial charge in [-0.25, -0.2) is 4.90 Å². The van der Waals surface area contributed by atoms with Crippen molar-refractivity contribution < 1.29 is 9.59 Å². The van der Waals surface area contributed by atoms with Crippen LogP contribution in [0.2, 0.25) is 0 Å². The van der Waals surface area contributed by atoms with Gasteiger partial charge in [0, 0.05) is 34.3 Å². The van der Waals surface area contributed by atoms with Gasteiger partial charge in [-0.15, -0.1) is 0 Å². The third-order valence-corrected chi connectivity index (χ3v) is 9.05. The van der Waals surface area contributed by atoms with Gasteiger partial charge in [-0.2, -0.15) is 0 Å². The predicted molar refractivity (Wildman–Crippen MR) is 190 cm³/mol. The van der Waals surface area contributed by atoms with E-state index < -0.39 is 0 Å². The van der Waals surface area contributed by atoms with E-state index in [4.69, 9.17) is 0 Å². The standard InChI is InChI=1S/C42H26N4O2/c47-41-32-11-8-14-39(40(32)42(48)45(41)31-19-15-28(16-20-31)27-9-2-1-3-10-27)46-37-21-17-29(35-12-4-6-23-43-35)25-33(37)34-26-30(18-22-38(34)46)36-13-5-7-24-44-36/h1-26H. The molecule has 9 rings (SSSR count). The molecule has 1 aliphatic rings. The van der Waals surface area contributed by atoms with Crippen LogP contribution in [0.5, 0.6) is 0 Å². The lowest BCUT2D eigenvalue weighted by Crippen LogP contribution is -2.29. The van der Waals surface area contributed by atoms with Gasteiger partial charge in [0.2, 0.25) is 0 Å². The Morgan fingerprint density at radius 1 is 0.458 bits per heavy atom. The molecular weight excluding hydrogens is 592 g/mol. The van der Waals surface area contributed by atoms with Crippen LogP contribution in [0.4, 0.5) is 5.69 Å². The molecule has 0 spiro atoms. The van der Waals surface area contributed by atoms with Crippen LogP contribution < -0.4 is 4.90 Å². The molecule has 226 valence electrons. The minimum atomic E-state index is -0.344. The average Bonchev–Trinajstić information content (AvgIpc) is 3.62. The minimum Gasteiger partial charge on any atom is -0.308 e. The highest BCUT2D eigenvalue weighted by Gasteiger charge is 2.39. The molecule has 0 atom stereocenters. The third kappa shape index (κ3) is 4.35. The van der Waals surface area contributed by atoms with E-state index in [0.29, 0.717) is 22.5 Å². The van der Waals surface area contributed by atoms with Gasteiger partial charge in [0.1, 0.15) is 0 Å². The highest BCUT2D eigenvalue weighted by molar-refractivity contribution is 6.35. The number of pyridine rings is 2. The number of aromatic nitrogens is 3. The number of benzene rings is 5. The third-order valence-electron chi connectivity index (χ3n) is 9.05. The van der Waals surface area contributed by atoms with Crippen molar-refractivity contribution in [3.8, 4) is 39.3 Å². The summed E-state index contributed by atoms with van der Waals surface area (Å²) in [4.78, 5) is 38.7. The molecule has 0 radical (unpaired) electrons. The van der Waals surface area contributed by atoms with Crippen molar-refractivity contribution >= 4 is 39.3 Å². The monoisotopic (exact) mass is 618 g/mol. The van der Waals surface area contributed by atoms with E-state index in [2.05, 4.69) is 50.9 Å². The summed E-state index contributed by atoms with van der Waals surface area (Å²) in [5, 5.41) is 2.02. The zero-order chi connectivity index (χ0) is 32.2. The van der Waals surface area contributed by atoms with E-state index in [1.54, 1.807) is 18.5 Å². The van der Waals surface area contributed by atoms with Crippen molar-refractivity contribution in [2.45, 2.75) is 0 Å². The van der Waals surface area contributed by atoms with Gasteiger partial charge in [-0.1, -0.05) is 72.8 Å². The first-order valence-electron chi connectivity index (χ1n) is 15.7. The highest BCUT2D eigenvalue weighted by Crippen LogP contribution is 2.40. The van der Waals surface area contributed by atoms with Crippen LogP contribution in [0.3, 0.4) is 0 Å². The highest BCUT2D eigenvalue weighted by atomic mass is 16.2. The molecule has 48 heavy (non-hydrogen) atoms. The maximum atomic E-state index is 14.3. The number of rotatable bonds is 5. The van der Waals surface area contributed by atoms with E-state index >= 15 is 0 Å². The normalized spacial score (nSPS) is 12.6. The molecule has 0 bridgehead atoms. The fourth-order valence-corrected chi connectivity index (χ4v) is 6.79. The lowest BCUT2D eigenvalue weighted by molar-refractivity contribution is 0.0926. The van der Waals surface area contributed by atoms with Gasteiger partial charge in [-0.3, -0.25) is 19.6 Å². The summed E-state index contributed by atoms with van der Waals surface area (Å²) < 4.78 is 2.10. The van der Waals surface area contributed by atoms with Crippen molar-refractivity contribution in [1.29, 1.82) is 0 Å². The van der Waals surface area contributed by atoms with Crippen LogP contribution >= 0.6 is 0 Å². The Morgan fingerprint density at radius 3 is 1.60 bits per heavy atom. The number of nitrogens with zero attached hydrogens (tertiary/aromatic N) is 4. The molecule has 0 saturated heterocycles. The lowest BCUT2D eigenvalue weighted by atomic mass is 10.0. The summed E-state index contributed by atoms with van der Waals surface area (Å²) in [6.07, 6.45) is 3.58. The average molecular weight is 619 g/mol.